The fraction of sp³-hybridized carbons (Fsp3) is 0.294. The molecule has 0 spiro atoms. The lowest BCUT2D eigenvalue weighted by Gasteiger charge is -2.12. The predicted molar refractivity (Wildman–Crippen MR) is 90.3 cm³/mol. The Morgan fingerprint density at radius 2 is 2.00 bits per heavy atom. The summed E-state index contributed by atoms with van der Waals surface area (Å²) in [6.07, 6.45) is 1.52. The van der Waals surface area contributed by atoms with Crippen LogP contribution in [0.1, 0.15) is 16.1 Å². The van der Waals surface area contributed by atoms with Crippen molar-refractivity contribution in [1.82, 2.24) is 9.47 Å². The fourth-order valence-electron chi connectivity index (χ4n) is 2.17. The van der Waals surface area contributed by atoms with E-state index in [0.717, 1.165) is 12.3 Å². The molecule has 0 fully saturated rings. The lowest BCUT2D eigenvalue weighted by Crippen LogP contribution is -2.19. The molecular weight excluding hydrogens is 308 g/mol. The van der Waals surface area contributed by atoms with E-state index in [4.69, 9.17) is 20.5 Å². The Labute approximate surface area is 140 Å². The Balaban J connectivity index is 2.29. The van der Waals surface area contributed by atoms with Crippen LogP contribution in [0.5, 0.6) is 5.75 Å². The first kappa shape index (κ1) is 17.4. The van der Waals surface area contributed by atoms with Crippen LogP contribution in [0.15, 0.2) is 30.5 Å². The topological polar surface area (TPSA) is 93.5 Å². The molecule has 0 radical (unpaired) electrons. The van der Waals surface area contributed by atoms with E-state index in [1.165, 1.54) is 13.3 Å². The molecule has 0 aliphatic rings. The number of aromatic nitrogens is 1. The highest BCUT2D eigenvalue weighted by Gasteiger charge is 2.21. The van der Waals surface area contributed by atoms with Gasteiger partial charge >= 0.3 is 5.97 Å². The van der Waals surface area contributed by atoms with Crippen LogP contribution >= 0.6 is 0 Å². The van der Waals surface area contributed by atoms with E-state index < -0.39 is 5.97 Å². The van der Waals surface area contributed by atoms with Gasteiger partial charge in [-0.2, -0.15) is 5.26 Å². The zero-order chi connectivity index (χ0) is 17.7. The Bertz CT molecular complexity index is 757. The standard InChI is InChI=1S/C17H20N4O3/c1-20(2)8-9-24-14-6-4-13(5-7-14)21-11-12(10-18)15(19)16(21)17(22)23-3/h4-7,11H,8-9,19H2,1-3H3. The van der Waals surface area contributed by atoms with Crippen LogP contribution in [0, 0.1) is 11.3 Å². The van der Waals surface area contributed by atoms with Crippen LogP contribution in [0.25, 0.3) is 5.69 Å². The molecule has 24 heavy (non-hydrogen) atoms. The van der Waals surface area contributed by atoms with Gasteiger partial charge < -0.3 is 24.7 Å². The summed E-state index contributed by atoms with van der Waals surface area (Å²) < 4.78 is 11.9. The molecule has 0 amide bonds. The van der Waals surface area contributed by atoms with E-state index in [1.54, 1.807) is 28.8 Å². The van der Waals surface area contributed by atoms with Gasteiger partial charge in [0.2, 0.25) is 0 Å². The second-order valence-corrected chi connectivity index (χ2v) is 5.42. The van der Waals surface area contributed by atoms with Gasteiger partial charge in [-0.05, 0) is 38.4 Å². The minimum atomic E-state index is -0.597. The molecule has 1 heterocycles. The molecule has 0 aliphatic carbocycles. The summed E-state index contributed by atoms with van der Waals surface area (Å²) in [4.78, 5) is 14.0. The highest BCUT2D eigenvalue weighted by Crippen LogP contribution is 2.25. The average Bonchev–Trinajstić information content (AvgIpc) is 2.91. The average molecular weight is 328 g/mol. The first-order valence-corrected chi connectivity index (χ1v) is 7.35. The molecule has 126 valence electrons. The second kappa shape index (κ2) is 7.53. The van der Waals surface area contributed by atoms with Gasteiger partial charge in [-0.1, -0.05) is 0 Å². The fourth-order valence-corrected chi connectivity index (χ4v) is 2.17. The normalized spacial score (nSPS) is 10.5. The number of nitrogens with zero attached hydrogens (tertiary/aromatic N) is 3. The van der Waals surface area contributed by atoms with Crippen molar-refractivity contribution < 1.29 is 14.3 Å². The number of rotatable bonds is 6. The number of hydrogen-bond acceptors (Lipinski definition) is 6. The lowest BCUT2D eigenvalue weighted by atomic mass is 10.2. The zero-order valence-corrected chi connectivity index (χ0v) is 13.9. The summed E-state index contributed by atoms with van der Waals surface area (Å²) in [6.45, 7) is 1.39. The Hall–Kier alpha value is -2.98. The molecule has 0 bridgehead atoms. The van der Waals surface area contributed by atoms with E-state index in [0.29, 0.717) is 12.3 Å². The number of benzene rings is 1. The number of nitrogen functional groups attached to an aromatic ring is 1. The Morgan fingerprint density at radius 1 is 1.33 bits per heavy atom. The molecule has 0 saturated carbocycles. The van der Waals surface area contributed by atoms with Crippen LogP contribution in [0.2, 0.25) is 0 Å². The lowest BCUT2D eigenvalue weighted by molar-refractivity contribution is 0.0593. The van der Waals surface area contributed by atoms with Gasteiger partial charge in [0, 0.05) is 18.4 Å². The molecule has 0 saturated heterocycles. The van der Waals surface area contributed by atoms with E-state index in [-0.39, 0.29) is 16.9 Å². The molecule has 1 aromatic heterocycles. The number of nitriles is 1. The quantitative estimate of drug-likeness (QED) is 0.811. The molecule has 1 aromatic carbocycles. The second-order valence-electron chi connectivity index (χ2n) is 5.42. The highest BCUT2D eigenvalue weighted by molar-refractivity contribution is 5.95. The van der Waals surface area contributed by atoms with Gasteiger partial charge in [-0.3, -0.25) is 0 Å². The third-order valence-electron chi connectivity index (χ3n) is 3.47. The van der Waals surface area contributed by atoms with Crippen LogP contribution in [-0.4, -0.2) is 49.8 Å². The number of anilines is 1. The van der Waals surface area contributed by atoms with Crippen molar-refractivity contribution in [1.29, 1.82) is 5.26 Å². The monoisotopic (exact) mass is 328 g/mol. The van der Waals surface area contributed by atoms with Gasteiger partial charge in [-0.15, -0.1) is 0 Å². The number of carbonyl (C=O) groups excluding carboxylic acids is 1. The smallest absolute Gasteiger partial charge is 0.357 e. The first-order valence-electron chi connectivity index (χ1n) is 7.35. The van der Waals surface area contributed by atoms with Crippen LogP contribution < -0.4 is 10.5 Å². The Morgan fingerprint density at radius 3 is 2.54 bits per heavy atom. The van der Waals surface area contributed by atoms with Crippen molar-refractivity contribution in [3.63, 3.8) is 0 Å². The maximum atomic E-state index is 12.0. The van der Waals surface area contributed by atoms with E-state index in [1.807, 2.05) is 25.1 Å². The number of ether oxygens (including phenoxy) is 2. The largest absolute Gasteiger partial charge is 0.492 e. The summed E-state index contributed by atoms with van der Waals surface area (Å²) in [5.41, 5.74) is 7.03. The number of esters is 1. The van der Waals surface area contributed by atoms with Crippen LogP contribution in [-0.2, 0) is 4.74 Å². The predicted octanol–water partition coefficient (Wildman–Crippen LogP) is 1.66. The summed E-state index contributed by atoms with van der Waals surface area (Å²) in [7, 11) is 5.22. The van der Waals surface area contributed by atoms with Crippen molar-refractivity contribution in [3.8, 4) is 17.5 Å². The minimum Gasteiger partial charge on any atom is -0.492 e. The number of methoxy groups -OCH3 is 1. The van der Waals surface area contributed by atoms with Crippen LogP contribution in [0.3, 0.4) is 0 Å². The Kier molecular flexibility index (Phi) is 5.45. The summed E-state index contributed by atoms with van der Waals surface area (Å²) in [5.74, 6) is 0.126. The first-order chi connectivity index (χ1) is 11.5. The molecule has 0 unspecified atom stereocenters. The van der Waals surface area contributed by atoms with Crippen molar-refractivity contribution in [2.24, 2.45) is 0 Å². The molecular formula is C17H20N4O3. The van der Waals surface area contributed by atoms with Gasteiger partial charge in [0.25, 0.3) is 0 Å². The van der Waals surface area contributed by atoms with Gasteiger partial charge in [0.05, 0.1) is 18.4 Å². The van der Waals surface area contributed by atoms with Gasteiger partial charge in [0.1, 0.15) is 18.4 Å². The van der Waals surface area contributed by atoms with E-state index >= 15 is 0 Å². The van der Waals surface area contributed by atoms with Gasteiger partial charge in [-0.25, -0.2) is 4.79 Å². The maximum absolute atomic E-state index is 12.0. The number of likely N-dealkylation sites (N-methyl/N-ethyl adjacent to an activating group) is 1. The third kappa shape index (κ3) is 3.67. The molecule has 0 atom stereocenters. The highest BCUT2D eigenvalue weighted by atomic mass is 16.5. The van der Waals surface area contributed by atoms with Crippen LogP contribution in [0.4, 0.5) is 5.69 Å². The van der Waals surface area contributed by atoms with Crippen molar-refractivity contribution in [2.75, 3.05) is 40.1 Å². The maximum Gasteiger partial charge on any atom is 0.357 e. The van der Waals surface area contributed by atoms with E-state index in [9.17, 15) is 4.79 Å². The number of carbonyl (C=O) groups is 1. The van der Waals surface area contributed by atoms with E-state index in [2.05, 4.69) is 0 Å². The van der Waals surface area contributed by atoms with Crippen molar-refractivity contribution in [2.45, 2.75) is 0 Å². The molecule has 7 nitrogen and oxygen atoms in total. The summed E-state index contributed by atoms with van der Waals surface area (Å²) >= 11 is 0. The minimum absolute atomic E-state index is 0.107. The van der Waals surface area contributed by atoms with Gasteiger partial charge in [0.15, 0.2) is 5.69 Å². The molecule has 2 rings (SSSR count). The van der Waals surface area contributed by atoms with Crippen molar-refractivity contribution in [3.05, 3.63) is 41.7 Å². The molecule has 2 aromatic rings. The van der Waals surface area contributed by atoms with Crippen molar-refractivity contribution >= 4 is 11.7 Å². The zero-order valence-electron chi connectivity index (χ0n) is 13.9. The summed E-state index contributed by atoms with van der Waals surface area (Å²) in [5, 5.41) is 9.12. The molecule has 7 heteroatoms. The number of nitrogens with two attached hydrogens (primary N) is 1. The molecule has 0 aliphatic heterocycles. The molecule has 2 N–H and O–H groups in total. The third-order valence-corrected chi connectivity index (χ3v) is 3.47. The summed E-state index contributed by atoms with van der Waals surface area (Å²) in [6, 6.07) is 9.15. The number of hydrogen-bond donors (Lipinski definition) is 1. The SMILES string of the molecule is COC(=O)c1c(N)c(C#N)cn1-c1ccc(OCCN(C)C)cc1.